The number of carbonyl (C=O) groups is 1. The average molecular weight is 308 g/mol. The molecule has 0 aliphatic heterocycles. The van der Waals surface area contributed by atoms with Crippen LogP contribution in [0.3, 0.4) is 0 Å². The molecule has 0 aliphatic rings. The van der Waals surface area contributed by atoms with Gasteiger partial charge in [-0.25, -0.2) is 8.42 Å². The molecule has 0 unspecified atom stereocenters. The lowest BCUT2D eigenvalue weighted by Gasteiger charge is -2.09. The van der Waals surface area contributed by atoms with E-state index in [-0.39, 0.29) is 29.5 Å². The van der Waals surface area contributed by atoms with Crippen molar-refractivity contribution in [1.29, 1.82) is 0 Å². The molecule has 2 N–H and O–H groups in total. The number of aromatic hydroxyl groups is 1. The molecule has 0 saturated carbocycles. The van der Waals surface area contributed by atoms with Gasteiger partial charge in [0.15, 0.2) is 0 Å². The lowest BCUT2D eigenvalue weighted by atomic mass is 10.3. The highest BCUT2D eigenvalue weighted by atomic mass is 35.5. The maximum absolute atomic E-state index is 11.7. The van der Waals surface area contributed by atoms with Crippen LogP contribution in [-0.4, -0.2) is 31.9 Å². The molecule has 0 aliphatic carbocycles. The fourth-order valence-corrected chi connectivity index (χ4v) is 2.47. The Balaban J connectivity index is 2.66. The van der Waals surface area contributed by atoms with E-state index in [2.05, 4.69) is 9.46 Å². The predicted octanol–water partition coefficient (Wildman–Crippen LogP) is 1.74. The SMILES string of the molecule is CCOC(=O)CCS(=O)(=O)Nc1ccc(Cl)cc1O. The van der Waals surface area contributed by atoms with Crippen molar-refractivity contribution in [1.82, 2.24) is 0 Å². The number of phenolic OH excluding ortho intramolecular Hbond substituents is 1. The lowest BCUT2D eigenvalue weighted by molar-refractivity contribution is -0.142. The Morgan fingerprint density at radius 3 is 2.74 bits per heavy atom. The number of ether oxygens (including phenoxy) is 1. The van der Waals surface area contributed by atoms with Crippen LogP contribution in [0.5, 0.6) is 5.75 Å². The molecular formula is C11H14ClNO5S. The minimum atomic E-state index is -3.74. The van der Waals surface area contributed by atoms with Gasteiger partial charge in [-0.1, -0.05) is 11.6 Å². The van der Waals surface area contributed by atoms with E-state index in [4.69, 9.17) is 11.6 Å². The summed E-state index contributed by atoms with van der Waals surface area (Å²) in [5.74, 6) is -1.30. The molecule has 6 nitrogen and oxygen atoms in total. The van der Waals surface area contributed by atoms with Gasteiger partial charge in [0.25, 0.3) is 0 Å². The maximum Gasteiger partial charge on any atom is 0.306 e. The second-order valence-corrected chi connectivity index (χ2v) is 5.92. The summed E-state index contributed by atoms with van der Waals surface area (Å²) in [6, 6.07) is 3.98. The zero-order valence-corrected chi connectivity index (χ0v) is 11.8. The number of halogens is 1. The number of hydrogen-bond acceptors (Lipinski definition) is 5. The van der Waals surface area contributed by atoms with E-state index in [9.17, 15) is 18.3 Å². The molecule has 0 saturated heterocycles. The topological polar surface area (TPSA) is 92.7 Å². The molecule has 0 atom stereocenters. The molecule has 0 heterocycles. The fraction of sp³-hybridized carbons (Fsp3) is 0.364. The maximum atomic E-state index is 11.7. The summed E-state index contributed by atoms with van der Waals surface area (Å²) < 4.78 is 30.2. The van der Waals surface area contributed by atoms with Crippen LogP contribution in [-0.2, 0) is 19.6 Å². The molecule has 106 valence electrons. The molecular weight excluding hydrogens is 294 g/mol. The van der Waals surface area contributed by atoms with E-state index < -0.39 is 21.7 Å². The minimum Gasteiger partial charge on any atom is -0.506 e. The molecule has 0 aromatic heterocycles. The van der Waals surface area contributed by atoms with Crippen LogP contribution >= 0.6 is 11.6 Å². The van der Waals surface area contributed by atoms with Gasteiger partial charge in [0, 0.05) is 11.1 Å². The molecule has 1 aromatic carbocycles. The van der Waals surface area contributed by atoms with Gasteiger partial charge in [-0.2, -0.15) is 0 Å². The first-order valence-electron chi connectivity index (χ1n) is 5.48. The van der Waals surface area contributed by atoms with Gasteiger partial charge in [-0.05, 0) is 19.1 Å². The van der Waals surface area contributed by atoms with E-state index in [0.29, 0.717) is 0 Å². The first-order valence-corrected chi connectivity index (χ1v) is 7.51. The van der Waals surface area contributed by atoms with Gasteiger partial charge in [-0.15, -0.1) is 0 Å². The van der Waals surface area contributed by atoms with Crippen molar-refractivity contribution >= 4 is 33.3 Å². The highest BCUT2D eigenvalue weighted by molar-refractivity contribution is 7.92. The molecule has 0 spiro atoms. The van der Waals surface area contributed by atoms with Crippen molar-refractivity contribution in [2.45, 2.75) is 13.3 Å². The number of nitrogens with one attached hydrogen (secondary N) is 1. The van der Waals surface area contributed by atoms with Gasteiger partial charge >= 0.3 is 5.97 Å². The lowest BCUT2D eigenvalue weighted by Crippen LogP contribution is -2.20. The van der Waals surface area contributed by atoms with E-state index in [0.717, 1.165) is 0 Å². The van der Waals surface area contributed by atoms with Crippen molar-refractivity contribution in [2.75, 3.05) is 17.1 Å². The summed E-state index contributed by atoms with van der Waals surface area (Å²) >= 11 is 5.63. The number of hydrogen-bond donors (Lipinski definition) is 2. The van der Waals surface area contributed by atoms with Gasteiger partial charge in [0.05, 0.1) is 24.5 Å². The van der Waals surface area contributed by atoms with Gasteiger partial charge in [0.2, 0.25) is 10.0 Å². The number of rotatable bonds is 6. The molecule has 1 rings (SSSR count). The van der Waals surface area contributed by atoms with Crippen LogP contribution in [0.2, 0.25) is 5.02 Å². The monoisotopic (exact) mass is 307 g/mol. The first-order chi connectivity index (χ1) is 8.84. The Bertz CT molecular complexity index is 558. The van der Waals surface area contributed by atoms with E-state index >= 15 is 0 Å². The second-order valence-electron chi connectivity index (χ2n) is 3.64. The first kappa shape index (κ1) is 15.6. The highest BCUT2D eigenvalue weighted by Crippen LogP contribution is 2.27. The number of benzene rings is 1. The molecule has 0 amide bonds. The van der Waals surface area contributed by atoms with Crippen LogP contribution in [0, 0.1) is 0 Å². The Hall–Kier alpha value is -1.47. The van der Waals surface area contributed by atoms with Crippen LogP contribution < -0.4 is 4.72 Å². The third-order valence-corrected chi connectivity index (χ3v) is 3.61. The van der Waals surface area contributed by atoms with Crippen molar-refractivity contribution in [3.8, 4) is 5.75 Å². The number of esters is 1. The van der Waals surface area contributed by atoms with Crippen LogP contribution in [0.1, 0.15) is 13.3 Å². The zero-order valence-electron chi connectivity index (χ0n) is 10.2. The number of carbonyl (C=O) groups excluding carboxylic acids is 1. The zero-order chi connectivity index (χ0) is 14.5. The highest BCUT2D eigenvalue weighted by Gasteiger charge is 2.15. The normalized spacial score (nSPS) is 11.1. The van der Waals surface area contributed by atoms with Crippen LogP contribution in [0.25, 0.3) is 0 Å². The summed E-state index contributed by atoms with van der Waals surface area (Å²) in [6.45, 7) is 1.83. The Morgan fingerprint density at radius 2 is 2.16 bits per heavy atom. The van der Waals surface area contributed by atoms with Gasteiger partial charge in [-0.3, -0.25) is 9.52 Å². The van der Waals surface area contributed by atoms with Gasteiger partial charge < -0.3 is 9.84 Å². The molecule has 19 heavy (non-hydrogen) atoms. The van der Waals surface area contributed by atoms with Gasteiger partial charge in [0.1, 0.15) is 5.75 Å². The Labute approximate surface area is 116 Å². The summed E-state index contributed by atoms with van der Waals surface area (Å²) in [5, 5.41) is 9.80. The fourth-order valence-electron chi connectivity index (χ4n) is 1.26. The van der Waals surface area contributed by atoms with E-state index in [1.54, 1.807) is 6.92 Å². The molecule has 1 aromatic rings. The standard InChI is InChI=1S/C11H14ClNO5S/c1-2-18-11(15)5-6-19(16,17)13-9-4-3-8(12)7-10(9)14/h3-4,7,13-14H,2,5-6H2,1H3. The largest absolute Gasteiger partial charge is 0.506 e. The summed E-state index contributed by atoms with van der Waals surface area (Å²) in [7, 11) is -3.74. The number of sulfonamides is 1. The molecule has 0 bridgehead atoms. The van der Waals surface area contributed by atoms with E-state index in [1.807, 2.05) is 0 Å². The number of phenols is 1. The van der Waals surface area contributed by atoms with Crippen LogP contribution in [0.15, 0.2) is 18.2 Å². The van der Waals surface area contributed by atoms with Crippen molar-refractivity contribution in [3.63, 3.8) is 0 Å². The predicted molar refractivity (Wildman–Crippen MR) is 71.8 cm³/mol. The van der Waals surface area contributed by atoms with Crippen molar-refractivity contribution in [2.24, 2.45) is 0 Å². The summed E-state index contributed by atoms with van der Waals surface area (Å²) in [4.78, 5) is 11.1. The molecule has 8 heteroatoms. The Morgan fingerprint density at radius 1 is 1.47 bits per heavy atom. The third-order valence-electron chi connectivity index (χ3n) is 2.11. The minimum absolute atomic E-state index is 0.00765. The van der Waals surface area contributed by atoms with Crippen LogP contribution in [0.4, 0.5) is 5.69 Å². The third kappa shape index (κ3) is 5.35. The van der Waals surface area contributed by atoms with Crippen molar-refractivity contribution < 1.29 is 23.1 Å². The Kier molecular flexibility index (Phi) is 5.44. The number of anilines is 1. The van der Waals surface area contributed by atoms with Crippen molar-refractivity contribution in [3.05, 3.63) is 23.2 Å². The smallest absolute Gasteiger partial charge is 0.306 e. The van der Waals surface area contributed by atoms with E-state index in [1.165, 1.54) is 18.2 Å². The summed E-state index contributed by atoms with van der Waals surface area (Å²) in [5.41, 5.74) is 0.00765. The quantitative estimate of drug-likeness (QED) is 0.617. The second kappa shape index (κ2) is 6.63. The average Bonchev–Trinajstić information content (AvgIpc) is 2.31. The summed E-state index contributed by atoms with van der Waals surface area (Å²) in [6.07, 6.45) is -0.252. The molecule has 0 fully saturated rings. The molecule has 0 radical (unpaired) electrons.